The zero-order chi connectivity index (χ0) is 104. The summed E-state index contributed by atoms with van der Waals surface area (Å²) < 4.78 is 75.8. The largest absolute Gasteiger partial charge is 1.00 e. The molecule has 774 valence electrons. The van der Waals surface area contributed by atoms with E-state index in [4.69, 9.17) is 107 Å². The van der Waals surface area contributed by atoms with Crippen molar-refractivity contribution in [1.82, 2.24) is 109 Å². The number of nitrogen functional groups attached to an aromatic ring is 3. The van der Waals surface area contributed by atoms with Gasteiger partial charge < -0.3 is 81.4 Å². The Morgan fingerprint density at radius 1 is 0.443 bits per heavy atom. The Hall–Kier alpha value is -9.86. The van der Waals surface area contributed by atoms with E-state index in [-0.39, 0.29) is 125 Å². The van der Waals surface area contributed by atoms with Gasteiger partial charge in [0.05, 0.1) is 44.1 Å². The first kappa shape index (κ1) is 115. The molecule has 4 radical (unpaired) electrons. The van der Waals surface area contributed by atoms with Crippen LogP contribution < -0.4 is 88.9 Å². The van der Waals surface area contributed by atoms with E-state index in [0.717, 1.165) is 206 Å². The first-order valence-corrected chi connectivity index (χ1v) is 52.4. The summed E-state index contributed by atoms with van der Waals surface area (Å²) in [6.45, 7) is 17.5. The van der Waals surface area contributed by atoms with Gasteiger partial charge in [0.1, 0.15) is 77.2 Å². The number of amides is 2. The minimum atomic E-state index is -0.639. The zero-order valence-corrected chi connectivity index (χ0v) is 92.8. The number of halogens is 10. The van der Waals surface area contributed by atoms with Gasteiger partial charge in [-0.2, -0.15) is 4.90 Å². The number of rotatable bonds is 9. The normalized spacial score (nSPS) is 18.0. The van der Waals surface area contributed by atoms with Gasteiger partial charge in [-0.3, -0.25) is 8.80 Å². The van der Waals surface area contributed by atoms with Gasteiger partial charge >= 0.3 is 41.7 Å². The van der Waals surface area contributed by atoms with Crippen molar-refractivity contribution in [3.8, 4) is 0 Å². The van der Waals surface area contributed by atoms with Gasteiger partial charge in [0.2, 0.25) is 23.1 Å². The third kappa shape index (κ3) is 25.0. The number of hydrogen-bond donors (Lipinski definition) is 8. The molecular weight excluding hydrogens is 2290 g/mol. The van der Waals surface area contributed by atoms with Crippen molar-refractivity contribution in [2.24, 2.45) is 33.1 Å². The smallest absolute Gasteiger partial charge is 0.778 e. The number of nitrogens with zero attached hydrogens (tertiary/aromatic N) is 22. The summed E-state index contributed by atoms with van der Waals surface area (Å²) in [7, 11) is 8.00. The summed E-state index contributed by atoms with van der Waals surface area (Å²) >= 11 is 36.0. The van der Waals surface area contributed by atoms with E-state index >= 15 is 0 Å². The molecule has 8 aliphatic rings. The average Bonchev–Trinajstić information content (AvgIpc) is 1.60. The van der Waals surface area contributed by atoms with Crippen LogP contribution in [0.5, 0.6) is 0 Å². The zero-order valence-electron chi connectivity index (χ0n) is 81.0. The van der Waals surface area contributed by atoms with Crippen molar-refractivity contribution in [1.29, 1.82) is 0 Å². The Labute approximate surface area is 945 Å². The van der Waals surface area contributed by atoms with Crippen LogP contribution in [0.15, 0.2) is 184 Å². The number of nitrogens with one attached hydrogen (secondary N) is 3. The van der Waals surface area contributed by atoms with Crippen LogP contribution in [0.2, 0.25) is 20.4 Å². The molecule has 149 heavy (non-hydrogen) atoms. The Balaban J connectivity index is 0.000000149. The van der Waals surface area contributed by atoms with Gasteiger partial charge in [0.25, 0.3) is 0 Å². The fourth-order valence-corrected chi connectivity index (χ4v) is 24.3. The first-order chi connectivity index (χ1) is 69.8. The second kappa shape index (κ2) is 48.2. The molecule has 0 bridgehead atoms. The van der Waals surface area contributed by atoms with Crippen LogP contribution in [0.3, 0.4) is 0 Å². The maximum Gasteiger partial charge on any atom is 1.00 e. The molecule has 0 saturated carbocycles. The Bertz CT molecular complexity index is 7290. The molecule has 11 aromatic heterocycles. The van der Waals surface area contributed by atoms with Crippen LogP contribution in [0.4, 0.5) is 62.4 Å². The number of hydrogen-bond acceptors (Lipinski definition) is 31. The van der Waals surface area contributed by atoms with Crippen LogP contribution in [-0.4, -0.2) is 185 Å². The minimum absolute atomic E-state index is 0. The number of piperidine rings is 4. The molecule has 15 heterocycles. The van der Waals surface area contributed by atoms with Crippen LogP contribution in [-0.2, 0) is 47.8 Å². The number of pyridine rings is 3. The first-order valence-electron chi connectivity index (χ1n) is 46.7. The molecule has 4 saturated heterocycles. The van der Waals surface area contributed by atoms with Crippen molar-refractivity contribution in [2.75, 3.05) is 84.3 Å². The maximum atomic E-state index is 14.3. The molecule has 2 amide bonds. The third-order valence-electron chi connectivity index (χ3n) is 27.6. The number of carbonyl (C=O) groups excluding carboxylic acids is 2. The van der Waals surface area contributed by atoms with E-state index < -0.39 is 23.4 Å². The van der Waals surface area contributed by atoms with E-state index in [2.05, 4.69) is 157 Å². The number of ether oxygens (including phenoxy) is 2. The van der Waals surface area contributed by atoms with E-state index in [1.807, 2.05) is 91.3 Å². The maximum absolute atomic E-state index is 14.3. The monoisotopic (exact) mass is 2390 g/mol. The minimum Gasteiger partial charge on any atom is -0.778 e. The standard InChI is InChI=1S/C28H30ClFN8O2S.C23H22ClFN8S.C23H26FIN6O2.C13H17FN2.C5H2ClIN4.C5H5ClN2S.2CH4.B2.Na/c1-27(2,3)40-26(39)35-22-18-12-17(30)5-4-16(18)13-28(22)7-10-37(11-8-28)25-33-14-20(24-36-34-15-38(24)25)41-19-6-9-32-23(31)21(19)29;24-18-16(3-6-28-20(18)27)34-17-11-29-22(33-12-30-31-21(17)33)32-7-4-23(5-8-32)10-13-1-2-14(25)9-15(13)19(23)26;1-22(2,3)33-21(32)28-18-16-10-15(24)5-4-14(16)11-23(18)6-8-30(9-7-23)20-26-12-17(25)19-29-27-13-31(19)20;14-10-2-1-9-8-13(3-5-16-6-4-13)12(15)11(9)7-10;6-5-8-1-3(7)4-10-9-2-11(4)5;6-4-3(9)1-2-8-5(4)7;;;1-2;/h4-6,9,12,14-15,22H,7-8,10-11,13H2,1-3H3,(H2,31,32)(H,35,39);1-3,6,9,11-12,19H,4-5,7-8,10,26H2,(H2,27,28);4-5,10,12-13,18H,6-9,11H2,1-3H3,(H,28,32);1-2,7,12,16H,3-6,8,15H2;1-2H;1-2H,(H3,7,8,9);2*1H4;;/q;;;;;;;;;+1/p-1/t22-;19-;18-;12-;;;;;;/m1111....../s1. The van der Waals surface area contributed by atoms with Crippen molar-refractivity contribution in [2.45, 2.75) is 193 Å². The topological polar surface area (TPSA) is 439 Å². The summed E-state index contributed by atoms with van der Waals surface area (Å²) in [6, 6.07) is 24.3. The van der Waals surface area contributed by atoms with Crippen LogP contribution in [0.25, 0.3) is 22.6 Å². The molecule has 0 unspecified atom stereocenters. The Morgan fingerprint density at radius 3 is 1.13 bits per heavy atom. The van der Waals surface area contributed by atoms with Gasteiger partial charge in [0.15, 0.2) is 22.6 Å². The fraction of sp³-hybridized carbons (Fsp3) is 0.384. The van der Waals surface area contributed by atoms with Gasteiger partial charge in [-0.25, -0.2) is 70.8 Å². The molecule has 4 spiro atoms. The molecule has 4 fully saturated rings. The number of anilines is 6. The summed E-state index contributed by atoms with van der Waals surface area (Å²) in [6.07, 6.45) is 28.0. The molecule has 4 aliphatic heterocycles. The average molecular weight is 2400 g/mol. The van der Waals surface area contributed by atoms with E-state index in [1.54, 1.807) is 96.8 Å². The predicted octanol–water partition coefficient (Wildman–Crippen LogP) is 15.5. The Morgan fingerprint density at radius 2 is 0.758 bits per heavy atom. The Kier molecular flexibility index (Phi) is 37.1. The number of aromatic nitrogens is 19. The van der Waals surface area contributed by atoms with Crippen LogP contribution in [0, 0.1) is 52.1 Å². The van der Waals surface area contributed by atoms with E-state index in [0.29, 0.717) is 55.4 Å². The molecular formula is C99H109B2Cl4F4I2N30NaO4S3. The summed E-state index contributed by atoms with van der Waals surface area (Å²) in [4.78, 5) is 65.7. The van der Waals surface area contributed by atoms with Gasteiger partial charge in [-0.1, -0.05) is 104 Å². The number of fused-ring (bicyclic) bond motifs is 8. The van der Waals surface area contributed by atoms with Crippen molar-refractivity contribution < 1.29 is 66.2 Å². The van der Waals surface area contributed by atoms with Gasteiger partial charge in [0, 0.05) is 131 Å². The molecule has 4 atom stereocenters. The quantitative estimate of drug-likeness (QED) is 0.0219. The SMILES string of the molecule is C.C.CC(C)(C)OC(=O)N[C@@H]1c2cc(F)ccc2CC12CCN(c1ncc(I)c3nncn13)CC2.CC(C)(C)OC(=O)N[C@@H]1c2cc(F)ccc2CC12CCN(c1ncc(Sc3ccnc(N)c3Cl)c3nncn13)CC2.Clc1ncc(I)c2nncn12.N[C@@H]1c2cc(F)ccc2CC12CCNCC2.Nc1nccc(Sc2cnc(N3CCC4(CC3)Cc3ccc(F)cc3[C@H]4N)n3cnnc23)c1Cl.Nc1nccc([S-])c1Cl.[B][B].[Na+]. The number of benzene rings is 4. The fourth-order valence-electron chi connectivity index (χ4n) is 20.6. The third-order valence-corrected chi connectivity index (χ3v) is 33.5. The van der Waals surface area contributed by atoms with Crippen molar-refractivity contribution in [3.63, 3.8) is 0 Å². The van der Waals surface area contributed by atoms with Gasteiger partial charge in [-0.05, 0) is 304 Å². The second-order valence-corrected chi connectivity index (χ2v) is 45.2. The molecule has 50 heteroatoms. The van der Waals surface area contributed by atoms with Gasteiger partial charge in [-0.15, -0.1) is 40.8 Å². The summed E-state index contributed by atoms with van der Waals surface area (Å²) in [5.41, 5.74) is 39.5. The summed E-state index contributed by atoms with van der Waals surface area (Å²) in [5.74, 6) is 2.16. The van der Waals surface area contributed by atoms with Crippen molar-refractivity contribution in [3.05, 3.63) is 255 Å². The predicted molar refractivity (Wildman–Crippen MR) is 588 cm³/mol. The molecule has 15 aromatic rings. The second-order valence-electron chi connectivity index (χ2n) is 38.8. The molecule has 13 N–H and O–H groups in total. The number of nitrogens with two attached hydrogens (primary N) is 5. The summed E-state index contributed by atoms with van der Waals surface area (Å²) in [5, 5.41) is 43.8. The van der Waals surface area contributed by atoms with E-state index in [1.165, 1.54) is 65.4 Å². The van der Waals surface area contributed by atoms with Crippen molar-refractivity contribution >= 4 is 213 Å². The number of carbonyl (C=O) groups is 2. The van der Waals surface area contributed by atoms with Crippen LogP contribution in [0.1, 0.15) is 176 Å². The molecule has 4 aromatic carbocycles. The molecule has 34 nitrogen and oxygen atoms in total. The molecule has 4 aliphatic carbocycles. The molecule has 23 rings (SSSR count). The number of alkyl carbamates (subject to hydrolysis) is 2. The van der Waals surface area contributed by atoms with E-state index in [9.17, 15) is 27.2 Å². The van der Waals surface area contributed by atoms with Crippen LogP contribution >= 0.6 is 115 Å².